The molecule has 1 aliphatic carbocycles. The SMILES string of the molecule is CC(C)S(=O)(=O)N[C@H]1CC[C@@H](CNc2ccc(N3C[C@@H](C)O[C@@H](C)C3)cc2)CC1. The molecule has 1 aliphatic heterocycles. The van der Waals surface area contributed by atoms with Gasteiger partial charge < -0.3 is 15.0 Å². The minimum absolute atomic E-state index is 0.0937. The number of nitrogens with one attached hydrogen (secondary N) is 2. The van der Waals surface area contributed by atoms with Crippen molar-refractivity contribution in [2.45, 2.75) is 76.9 Å². The summed E-state index contributed by atoms with van der Waals surface area (Å²) >= 11 is 0. The molecule has 6 nitrogen and oxygen atoms in total. The van der Waals surface area contributed by atoms with E-state index >= 15 is 0 Å². The van der Waals surface area contributed by atoms with Crippen molar-refractivity contribution in [1.82, 2.24) is 4.72 Å². The minimum Gasteiger partial charge on any atom is -0.385 e. The molecule has 1 saturated carbocycles. The Morgan fingerprint density at radius 3 is 2.17 bits per heavy atom. The van der Waals surface area contributed by atoms with Gasteiger partial charge in [0, 0.05) is 37.1 Å². The van der Waals surface area contributed by atoms with Crippen LogP contribution in [0.5, 0.6) is 0 Å². The third-order valence-electron chi connectivity index (χ3n) is 6.05. The Kier molecular flexibility index (Phi) is 7.46. The van der Waals surface area contributed by atoms with Gasteiger partial charge in [0.25, 0.3) is 0 Å². The Labute approximate surface area is 176 Å². The molecule has 1 aromatic rings. The van der Waals surface area contributed by atoms with Crippen LogP contribution in [0.4, 0.5) is 11.4 Å². The Balaban J connectivity index is 1.43. The number of hydrogen-bond donors (Lipinski definition) is 2. The Bertz CT molecular complexity index is 733. The summed E-state index contributed by atoms with van der Waals surface area (Å²) in [6, 6.07) is 8.77. The molecule has 0 amide bonds. The van der Waals surface area contributed by atoms with E-state index in [1.54, 1.807) is 13.8 Å². The summed E-state index contributed by atoms with van der Waals surface area (Å²) in [7, 11) is -3.17. The molecule has 2 N–H and O–H groups in total. The molecular weight excluding hydrogens is 386 g/mol. The van der Waals surface area contributed by atoms with Crippen molar-refractivity contribution in [1.29, 1.82) is 0 Å². The molecule has 1 saturated heterocycles. The fraction of sp³-hybridized carbons (Fsp3) is 0.727. The molecule has 7 heteroatoms. The lowest BCUT2D eigenvalue weighted by atomic mass is 9.86. The molecule has 2 atom stereocenters. The summed E-state index contributed by atoms with van der Waals surface area (Å²) in [5.41, 5.74) is 2.39. The summed E-state index contributed by atoms with van der Waals surface area (Å²) < 4.78 is 32.8. The first-order chi connectivity index (χ1) is 13.7. The van der Waals surface area contributed by atoms with Crippen molar-refractivity contribution in [2.75, 3.05) is 29.9 Å². The number of nitrogens with zero attached hydrogens (tertiary/aromatic N) is 1. The van der Waals surface area contributed by atoms with Gasteiger partial charge in [0.05, 0.1) is 17.5 Å². The Hall–Kier alpha value is -1.31. The van der Waals surface area contributed by atoms with Crippen molar-refractivity contribution in [3.05, 3.63) is 24.3 Å². The van der Waals surface area contributed by atoms with E-state index in [1.165, 1.54) is 5.69 Å². The van der Waals surface area contributed by atoms with Gasteiger partial charge in [-0.25, -0.2) is 13.1 Å². The predicted molar refractivity (Wildman–Crippen MR) is 120 cm³/mol. The molecule has 0 unspecified atom stereocenters. The van der Waals surface area contributed by atoms with Crippen LogP contribution in [0, 0.1) is 5.92 Å². The van der Waals surface area contributed by atoms with Gasteiger partial charge in [0.1, 0.15) is 0 Å². The highest BCUT2D eigenvalue weighted by Gasteiger charge is 2.26. The van der Waals surface area contributed by atoms with Gasteiger partial charge in [0.15, 0.2) is 0 Å². The fourth-order valence-corrected chi connectivity index (χ4v) is 5.27. The van der Waals surface area contributed by atoms with Crippen molar-refractivity contribution < 1.29 is 13.2 Å². The number of benzene rings is 1. The molecule has 2 aliphatic rings. The van der Waals surface area contributed by atoms with Crippen LogP contribution < -0.4 is 14.9 Å². The van der Waals surface area contributed by atoms with Crippen LogP contribution in [-0.2, 0) is 14.8 Å². The van der Waals surface area contributed by atoms with Crippen molar-refractivity contribution in [3.8, 4) is 0 Å². The molecule has 0 radical (unpaired) electrons. The zero-order chi connectivity index (χ0) is 21.0. The second kappa shape index (κ2) is 9.67. The molecular formula is C22H37N3O3S. The Morgan fingerprint density at radius 1 is 1.03 bits per heavy atom. The first-order valence-electron chi connectivity index (χ1n) is 11.0. The highest BCUT2D eigenvalue weighted by atomic mass is 32.2. The zero-order valence-electron chi connectivity index (χ0n) is 18.2. The lowest BCUT2D eigenvalue weighted by Gasteiger charge is -2.37. The summed E-state index contributed by atoms with van der Waals surface area (Å²) in [4.78, 5) is 2.39. The third-order valence-corrected chi connectivity index (χ3v) is 7.95. The average molecular weight is 424 g/mol. The highest BCUT2D eigenvalue weighted by molar-refractivity contribution is 7.90. The van der Waals surface area contributed by atoms with E-state index in [4.69, 9.17) is 4.74 Å². The molecule has 0 bridgehead atoms. The topological polar surface area (TPSA) is 70.7 Å². The molecule has 0 spiro atoms. The average Bonchev–Trinajstić information content (AvgIpc) is 2.67. The Morgan fingerprint density at radius 2 is 1.62 bits per heavy atom. The maximum atomic E-state index is 12.0. The number of sulfonamides is 1. The van der Waals surface area contributed by atoms with Crippen LogP contribution >= 0.6 is 0 Å². The van der Waals surface area contributed by atoms with Crippen LogP contribution in [-0.4, -0.2) is 51.6 Å². The normalized spacial score (nSPS) is 28.5. The molecule has 2 fully saturated rings. The summed E-state index contributed by atoms with van der Waals surface area (Å²) in [6.07, 6.45) is 4.48. The van der Waals surface area contributed by atoms with Crippen LogP contribution in [0.15, 0.2) is 24.3 Å². The highest BCUT2D eigenvalue weighted by Crippen LogP contribution is 2.26. The van der Waals surface area contributed by atoms with Gasteiger partial charge in [-0.2, -0.15) is 0 Å². The van der Waals surface area contributed by atoms with Gasteiger partial charge >= 0.3 is 0 Å². The number of rotatable bonds is 7. The lowest BCUT2D eigenvalue weighted by Crippen LogP contribution is -2.45. The van der Waals surface area contributed by atoms with E-state index in [-0.39, 0.29) is 23.5 Å². The second-order valence-electron chi connectivity index (χ2n) is 9.02. The molecule has 0 aromatic heterocycles. The standard InChI is InChI=1S/C22H37N3O3S/c1-16(2)29(26,27)24-21-7-5-19(6-8-21)13-23-20-9-11-22(12-10-20)25-14-17(3)28-18(4)15-25/h9-12,16-19,21,23-24H,5-8,13-15H2,1-4H3/t17-,18+,19-,21+. The van der Waals surface area contributed by atoms with E-state index in [9.17, 15) is 8.42 Å². The first-order valence-corrected chi connectivity index (χ1v) is 12.5. The van der Waals surface area contributed by atoms with Crippen LogP contribution in [0.3, 0.4) is 0 Å². The number of anilines is 2. The lowest BCUT2D eigenvalue weighted by molar-refractivity contribution is -0.00521. The molecule has 1 heterocycles. The maximum absolute atomic E-state index is 12.0. The minimum atomic E-state index is -3.17. The van der Waals surface area contributed by atoms with Crippen LogP contribution in [0.25, 0.3) is 0 Å². The van der Waals surface area contributed by atoms with Gasteiger partial charge in [-0.15, -0.1) is 0 Å². The molecule has 164 valence electrons. The second-order valence-corrected chi connectivity index (χ2v) is 11.3. The van der Waals surface area contributed by atoms with E-state index in [0.29, 0.717) is 5.92 Å². The number of ether oxygens (including phenoxy) is 1. The van der Waals surface area contributed by atoms with Crippen molar-refractivity contribution >= 4 is 21.4 Å². The monoisotopic (exact) mass is 423 g/mol. The smallest absolute Gasteiger partial charge is 0.214 e. The van der Waals surface area contributed by atoms with E-state index < -0.39 is 10.0 Å². The van der Waals surface area contributed by atoms with Gasteiger partial charge in [0.2, 0.25) is 10.0 Å². The van der Waals surface area contributed by atoms with E-state index in [1.807, 2.05) is 0 Å². The predicted octanol–water partition coefficient (Wildman–Crippen LogP) is 3.60. The van der Waals surface area contributed by atoms with Crippen molar-refractivity contribution in [2.24, 2.45) is 5.92 Å². The summed E-state index contributed by atoms with van der Waals surface area (Å²) in [5, 5.41) is 3.19. The molecule has 1 aromatic carbocycles. The molecule has 29 heavy (non-hydrogen) atoms. The fourth-order valence-electron chi connectivity index (χ4n) is 4.29. The maximum Gasteiger partial charge on any atom is 0.214 e. The van der Waals surface area contributed by atoms with Gasteiger partial charge in [-0.3, -0.25) is 0 Å². The van der Waals surface area contributed by atoms with E-state index in [2.05, 4.69) is 53.1 Å². The quantitative estimate of drug-likeness (QED) is 0.701. The van der Waals surface area contributed by atoms with Crippen LogP contribution in [0.1, 0.15) is 53.4 Å². The van der Waals surface area contributed by atoms with Crippen molar-refractivity contribution in [3.63, 3.8) is 0 Å². The summed E-state index contributed by atoms with van der Waals surface area (Å²) in [6.45, 7) is 10.5. The number of hydrogen-bond acceptors (Lipinski definition) is 5. The number of morpholine rings is 1. The van der Waals surface area contributed by atoms with Crippen LogP contribution in [0.2, 0.25) is 0 Å². The van der Waals surface area contributed by atoms with E-state index in [0.717, 1.165) is 51.0 Å². The van der Waals surface area contributed by atoms with Gasteiger partial charge in [-0.05, 0) is 83.6 Å². The largest absolute Gasteiger partial charge is 0.385 e. The zero-order valence-corrected chi connectivity index (χ0v) is 19.0. The first kappa shape index (κ1) is 22.4. The third kappa shape index (κ3) is 6.33. The summed E-state index contributed by atoms with van der Waals surface area (Å²) in [5.74, 6) is 0.593. The molecule has 3 rings (SSSR count). The van der Waals surface area contributed by atoms with Gasteiger partial charge in [-0.1, -0.05) is 0 Å².